The third-order valence-electron chi connectivity index (χ3n) is 3.56. The van der Waals surface area contributed by atoms with Crippen LogP contribution in [-0.4, -0.2) is 43.1 Å². The zero-order valence-electron chi connectivity index (χ0n) is 11.8. The molecule has 0 bridgehead atoms. The topological polar surface area (TPSA) is 41.6 Å². The van der Waals surface area contributed by atoms with Crippen LogP contribution in [0.15, 0.2) is 24.3 Å². The lowest BCUT2D eigenvalue weighted by Crippen LogP contribution is -2.45. The Kier molecular flexibility index (Phi) is 4.43. The summed E-state index contributed by atoms with van der Waals surface area (Å²) < 4.78 is 5.12. The Balaban J connectivity index is 2.18. The van der Waals surface area contributed by atoms with Gasteiger partial charge in [-0.25, -0.2) is 0 Å². The summed E-state index contributed by atoms with van der Waals surface area (Å²) in [6.45, 7) is 6.02. The minimum atomic E-state index is 0.103. The molecule has 1 atom stereocenters. The van der Waals surface area contributed by atoms with Gasteiger partial charge in [0.25, 0.3) is 5.91 Å². The Labute approximate surface area is 114 Å². The Bertz CT molecular complexity index is 422. The molecule has 104 valence electrons. The Morgan fingerprint density at radius 2 is 2.05 bits per heavy atom. The van der Waals surface area contributed by atoms with Crippen molar-refractivity contribution in [2.75, 3.05) is 20.2 Å². The van der Waals surface area contributed by atoms with E-state index in [0.29, 0.717) is 6.04 Å². The molecule has 1 unspecified atom stereocenters. The van der Waals surface area contributed by atoms with Gasteiger partial charge < -0.3 is 15.0 Å². The number of nitrogens with one attached hydrogen (secondary N) is 1. The van der Waals surface area contributed by atoms with Gasteiger partial charge in [0.2, 0.25) is 0 Å². The van der Waals surface area contributed by atoms with E-state index in [2.05, 4.69) is 19.2 Å². The first-order valence-corrected chi connectivity index (χ1v) is 6.81. The first-order chi connectivity index (χ1) is 9.13. The predicted octanol–water partition coefficient (Wildman–Crippen LogP) is 1.91. The average molecular weight is 262 g/mol. The zero-order valence-corrected chi connectivity index (χ0v) is 11.8. The smallest absolute Gasteiger partial charge is 0.254 e. The van der Waals surface area contributed by atoms with Gasteiger partial charge in [-0.05, 0) is 51.1 Å². The minimum Gasteiger partial charge on any atom is -0.497 e. The van der Waals surface area contributed by atoms with E-state index in [0.717, 1.165) is 30.8 Å². The van der Waals surface area contributed by atoms with Crippen LogP contribution >= 0.6 is 0 Å². The second-order valence-electron chi connectivity index (χ2n) is 5.18. The number of methoxy groups -OCH3 is 1. The zero-order chi connectivity index (χ0) is 13.8. The molecule has 1 N–H and O–H groups in total. The molecular formula is C15H22N2O2. The lowest BCUT2D eigenvalue weighted by molar-refractivity contribution is 0.0626. The Morgan fingerprint density at radius 3 is 2.53 bits per heavy atom. The molecular weight excluding hydrogens is 240 g/mol. The molecule has 0 aliphatic carbocycles. The number of hydrogen-bond donors (Lipinski definition) is 1. The number of hydrogen-bond acceptors (Lipinski definition) is 3. The van der Waals surface area contributed by atoms with Crippen molar-refractivity contribution in [1.29, 1.82) is 0 Å². The third kappa shape index (κ3) is 3.07. The molecule has 0 saturated carbocycles. The summed E-state index contributed by atoms with van der Waals surface area (Å²) in [7, 11) is 1.63. The van der Waals surface area contributed by atoms with Gasteiger partial charge in [0.05, 0.1) is 7.11 Å². The number of rotatable bonds is 4. The van der Waals surface area contributed by atoms with Crippen molar-refractivity contribution in [1.82, 2.24) is 10.2 Å². The molecule has 1 saturated heterocycles. The van der Waals surface area contributed by atoms with Crippen LogP contribution in [0.5, 0.6) is 5.75 Å². The van der Waals surface area contributed by atoms with E-state index in [1.165, 1.54) is 0 Å². The molecule has 1 fully saturated rings. The summed E-state index contributed by atoms with van der Waals surface area (Å²) in [5.41, 5.74) is 0.724. The molecule has 1 heterocycles. The summed E-state index contributed by atoms with van der Waals surface area (Å²) in [5, 5.41) is 3.32. The van der Waals surface area contributed by atoms with Gasteiger partial charge in [-0.3, -0.25) is 4.79 Å². The van der Waals surface area contributed by atoms with Gasteiger partial charge in [-0.15, -0.1) is 0 Å². The Morgan fingerprint density at radius 1 is 1.37 bits per heavy atom. The molecule has 1 aromatic rings. The fraction of sp³-hybridized carbons (Fsp3) is 0.533. The van der Waals surface area contributed by atoms with Crippen molar-refractivity contribution in [3.63, 3.8) is 0 Å². The van der Waals surface area contributed by atoms with Crippen molar-refractivity contribution in [2.24, 2.45) is 0 Å². The highest BCUT2D eigenvalue weighted by molar-refractivity contribution is 5.94. The summed E-state index contributed by atoms with van der Waals surface area (Å²) >= 11 is 0. The molecule has 19 heavy (non-hydrogen) atoms. The van der Waals surface area contributed by atoms with Crippen molar-refractivity contribution in [3.05, 3.63) is 29.8 Å². The monoisotopic (exact) mass is 262 g/mol. The molecule has 1 aliphatic heterocycles. The van der Waals surface area contributed by atoms with Crippen LogP contribution < -0.4 is 10.1 Å². The van der Waals surface area contributed by atoms with E-state index in [1.54, 1.807) is 7.11 Å². The highest BCUT2D eigenvalue weighted by Gasteiger charge is 2.29. The normalized spacial score (nSPS) is 18.6. The predicted molar refractivity (Wildman–Crippen MR) is 75.6 cm³/mol. The van der Waals surface area contributed by atoms with Crippen molar-refractivity contribution in [2.45, 2.75) is 32.4 Å². The standard InChI is InChI=1S/C15H22N2O2/c1-11(2)17(13-8-9-16-10-13)15(18)12-4-6-14(19-3)7-5-12/h4-7,11,13,16H,8-10H2,1-3H3. The van der Waals surface area contributed by atoms with Crippen molar-refractivity contribution in [3.8, 4) is 5.75 Å². The summed E-state index contributed by atoms with van der Waals surface area (Å²) in [4.78, 5) is 14.6. The highest BCUT2D eigenvalue weighted by Crippen LogP contribution is 2.18. The van der Waals surface area contributed by atoms with Crippen molar-refractivity contribution >= 4 is 5.91 Å². The maximum absolute atomic E-state index is 12.6. The SMILES string of the molecule is COc1ccc(C(=O)N(C(C)C)C2CCNC2)cc1. The van der Waals surface area contributed by atoms with Gasteiger partial charge >= 0.3 is 0 Å². The fourth-order valence-corrected chi connectivity index (χ4v) is 2.58. The van der Waals surface area contributed by atoms with E-state index in [1.807, 2.05) is 29.2 Å². The number of amides is 1. The van der Waals surface area contributed by atoms with E-state index < -0.39 is 0 Å². The van der Waals surface area contributed by atoms with Crippen LogP contribution in [0.1, 0.15) is 30.6 Å². The minimum absolute atomic E-state index is 0.103. The molecule has 2 rings (SSSR count). The first-order valence-electron chi connectivity index (χ1n) is 6.81. The van der Waals surface area contributed by atoms with Crippen LogP contribution in [0.4, 0.5) is 0 Å². The van der Waals surface area contributed by atoms with E-state index >= 15 is 0 Å². The van der Waals surface area contributed by atoms with Crippen LogP contribution in [0.25, 0.3) is 0 Å². The number of carbonyl (C=O) groups excluding carboxylic acids is 1. The fourth-order valence-electron chi connectivity index (χ4n) is 2.58. The summed E-state index contributed by atoms with van der Waals surface area (Å²) in [5.74, 6) is 0.876. The van der Waals surface area contributed by atoms with Gasteiger partial charge in [0.1, 0.15) is 5.75 Å². The number of nitrogens with zero attached hydrogens (tertiary/aromatic N) is 1. The average Bonchev–Trinajstić information content (AvgIpc) is 2.92. The second-order valence-corrected chi connectivity index (χ2v) is 5.18. The lowest BCUT2D eigenvalue weighted by atomic mass is 10.1. The molecule has 4 nitrogen and oxygen atoms in total. The summed E-state index contributed by atoms with van der Waals surface area (Å²) in [6, 6.07) is 7.84. The third-order valence-corrected chi connectivity index (χ3v) is 3.56. The second kappa shape index (κ2) is 6.06. The van der Waals surface area contributed by atoms with Gasteiger partial charge in [-0.2, -0.15) is 0 Å². The molecule has 0 spiro atoms. The van der Waals surface area contributed by atoms with Gasteiger partial charge in [0, 0.05) is 24.2 Å². The van der Waals surface area contributed by atoms with Crippen molar-refractivity contribution < 1.29 is 9.53 Å². The molecule has 0 radical (unpaired) electrons. The Hall–Kier alpha value is -1.55. The maximum Gasteiger partial charge on any atom is 0.254 e. The first kappa shape index (κ1) is 13.9. The van der Waals surface area contributed by atoms with Gasteiger partial charge in [0.15, 0.2) is 0 Å². The quantitative estimate of drug-likeness (QED) is 0.901. The largest absolute Gasteiger partial charge is 0.497 e. The van der Waals surface area contributed by atoms with E-state index in [4.69, 9.17) is 4.74 Å². The lowest BCUT2D eigenvalue weighted by Gasteiger charge is -2.32. The van der Waals surface area contributed by atoms with Crippen LogP contribution in [0.2, 0.25) is 0 Å². The molecule has 0 aromatic heterocycles. The molecule has 1 aromatic carbocycles. The van der Waals surface area contributed by atoms with E-state index in [-0.39, 0.29) is 11.9 Å². The molecule has 1 aliphatic rings. The van der Waals surface area contributed by atoms with Gasteiger partial charge in [-0.1, -0.05) is 0 Å². The number of benzene rings is 1. The maximum atomic E-state index is 12.6. The highest BCUT2D eigenvalue weighted by atomic mass is 16.5. The number of carbonyl (C=O) groups is 1. The van der Waals surface area contributed by atoms with Crippen LogP contribution in [0.3, 0.4) is 0 Å². The molecule has 4 heteroatoms. The summed E-state index contributed by atoms with van der Waals surface area (Å²) in [6.07, 6.45) is 1.03. The molecule has 1 amide bonds. The van der Waals surface area contributed by atoms with E-state index in [9.17, 15) is 4.79 Å². The van der Waals surface area contributed by atoms with Crippen LogP contribution in [0, 0.1) is 0 Å². The van der Waals surface area contributed by atoms with Crippen LogP contribution in [-0.2, 0) is 0 Å². The number of ether oxygens (including phenoxy) is 1.